The Labute approximate surface area is 208 Å². The van der Waals surface area contributed by atoms with Crippen molar-refractivity contribution in [1.29, 1.82) is 0 Å². The molecule has 8 nitrogen and oxygen atoms in total. The fourth-order valence-electron chi connectivity index (χ4n) is 5.89. The van der Waals surface area contributed by atoms with Gasteiger partial charge in [0.15, 0.2) is 0 Å². The summed E-state index contributed by atoms with van der Waals surface area (Å²) in [5, 5.41) is 11.1. The van der Waals surface area contributed by atoms with E-state index in [0.717, 1.165) is 87.5 Å². The summed E-state index contributed by atoms with van der Waals surface area (Å²) in [7, 11) is 1.92. The maximum absolute atomic E-state index is 13.7. The minimum absolute atomic E-state index is 0.0200. The Hall–Kier alpha value is -2.87. The van der Waals surface area contributed by atoms with Gasteiger partial charge in [0.05, 0.1) is 24.1 Å². The number of amides is 2. The molecule has 2 N–H and O–H groups in total. The van der Waals surface area contributed by atoms with E-state index >= 15 is 0 Å². The SMILES string of the molecule is CCN1CCC(C(=O)NCC2CCC(C(=O)N3Cc4cnn(C)c4Nc4ccccc43)CC2)CC1. The summed E-state index contributed by atoms with van der Waals surface area (Å²) in [6.45, 7) is 6.57. The molecule has 0 atom stereocenters. The number of carbonyl (C=O) groups excluding carboxylic acids is 2. The van der Waals surface area contributed by atoms with Crippen molar-refractivity contribution in [2.24, 2.45) is 24.8 Å². The average molecular weight is 479 g/mol. The number of aryl methyl sites for hydroxylation is 1. The Bertz CT molecular complexity index is 1050. The van der Waals surface area contributed by atoms with Gasteiger partial charge in [-0.1, -0.05) is 19.1 Å². The lowest BCUT2D eigenvalue weighted by Crippen LogP contribution is -2.42. The van der Waals surface area contributed by atoms with Crippen LogP contribution in [0.4, 0.5) is 17.2 Å². The van der Waals surface area contributed by atoms with Crippen molar-refractivity contribution in [2.75, 3.05) is 36.4 Å². The van der Waals surface area contributed by atoms with E-state index in [4.69, 9.17) is 0 Å². The molecule has 1 saturated carbocycles. The number of nitrogens with zero attached hydrogens (tertiary/aromatic N) is 4. The normalized spacial score (nSPS) is 23.1. The van der Waals surface area contributed by atoms with Crippen molar-refractivity contribution < 1.29 is 9.59 Å². The first-order chi connectivity index (χ1) is 17.0. The van der Waals surface area contributed by atoms with Crippen molar-refractivity contribution in [3.63, 3.8) is 0 Å². The average Bonchev–Trinajstić information content (AvgIpc) is 3.15. The molecule has 2 aliphatic heterocycles. The molecule has 5 rings (SSSR count). The van der Waals surface area contributed by atoms with Gasteiger partial charge in [0.25, 0.3) is 0 Å². The zero-order valence-corrected chi connectivity index (χ0v) is 21.0. The molecule has 0 spiro atoms. The minimum Gasteiger partial charge on any atom is -0.356 e. The molecule has 0 bridgehead atoms. The number of para-hydroxylation sites is 2. The number of nitrogens with one attached hydrogen (secondary N) is 2. The first kappa shape index (κ1) is 23.9. The van der Waals surface area contributed by atoms with E-state index < -0.39 is 0 Å². The Kier molecular flexibility index (Phi) is 7.09. The number of hydrogen-bond donors (Lipinski definition) is 2. The van der Waals surface area contributed by atoms with Gasteiger partial charge in [0.2, 0.25) is 11.8 Å². The first-order valence-electron chi connectivity index (χ1n) is 13.2. The molecular formula is C27H38N6O2. The van der Waals surface area contributed by atoms with Gasteiger partial charge in [-0.15, -0.1) is 0 Å². The highest BCUT2D eigenvalue weighted by molar-refractivity contribution is 5.99. The predicted molar refractivity (Wildman–Crippen MR) is 137 cm³/mol. The van der Waals surface area contributed by atoms with E-state index in [9.17, 15) is 9.59 Å². The van der Waals surface area contributed by atoms with Crippen molar-refractivity contribution in [2.45, 2.75) is 52.0 Å². The Morgan fingerprint density at radius 2 is 1.80 bits per heavy atom. The number of carbonyl (C=O) groups is 2. The van der Waals surface area contributed by atoms with E-state index in [1.807, 2.05) is 47.1 Å². The number of fused-ring (bicyclic) bond motifs is 2. The van der Waals surface area contributed by atoms with Gasteiger partial charge in [-0.05, 0) is 76.2 Å². The smallest absolute Gasteiger partial charge is 0.230 e. The highest BCUT2D eigenvalue weighted by Gasteiger charge is 2.33. The fourth-order valence-corrected chi connectivity index (χ4v) is 5.89. The van der Waals surface area contributed by atoms with Gasteiger partial charge in [0.1, 0.15) is 5.82 Å². The van der Waals surface area contributed by atoms with Crippen LogP contribution in [0.2, 0.25) is 0 Å². The van der Waals surface area contributed by atoms with Crippen LogP contribution in [0.5, 0.6) is 0 Å². The summed E-state index contributed by atoms with van der Waals surface area (Å²) in [5.74, 6) is 1.99. The van der Waals surface area contributed by atoms with E-state index in [-0.39, 0.29) is 23.7 Å². The molecule has 2 amide bonds. The fraction of sp³-hybridized carbons (Fsp3) is 0.593. The van der Waals surface area contributed by atoms with Crippen molar-refractivity contribution in [3.8, 4) is 0 Å². The van der Waals surface area contributed by atoms with Crippen LogP contribution >= 0.6 is 0 Å². The zero-order chi connectivity index (χ0) is 24.4. The van der Waals surface area contributed by atoms with Crippen LogP contribution < -0.4 is 15.5 Å². The largest absolute Gasteiger partial charge is 0.356 e. The molecule has 3 heterocycles. The molecule has 1 aromatic carbocycles. The lowest BCUT2D eigenvalue weighted by Gasteiger charge is -2.33. The van der Waals surface area contributed by atoms with E-state index in [1.54, 1.807) is 0 Å². The summed E-state index contributed by atoms with van der Waals surface area (Å²) in [6, 6.07) is 8.01. The van der Waals surface area contributed by atoms with Crippen molar-refractivity contribution in [1.82, 2.24) is 20.0 Å². The van der Waals surface area contributed by atoms with Crippen LogP contribution in [0.15, 0.2) is 30.5 Å². The van der Waals surface area contributed by atoms with E-state index in [0.29, 0.717) is 12.5 Å². The molecule has 0 unspecified atom stereocenters. The lowest BCUT2D eigenvalue weighted by molar-refractivity contribution is -0.127. The first-order valence-corrected chi connectivity index (χ1v) is 13.2. The number of anilines is 3. The number of piperidine rings is 1. The van der Waals surface area contributed by atoms with Crippen molar-refractivity contribution >= 4 is 29.0 Å². The second-order valence-electron chi connectivity index (χ2n) is 10.4. The van der Waals surface area contributed by atoms with Crippen LogP contribution in [0, 0.1) is 17.8 Å². The van der Waals surface area contributed by atoms with Crippen molar-refractivity contribution in [3.05, 3.63) is 36.0 Å². The van der Waals surface area contributed by atoms with Gasteiger partial charge in [-0.2, -0.15) is 5.10 Å². The van der Waals surface area contributed by atoms with Gasteiger partial charge in [-0.3, -0.25) is 14.3 Å². The summed E-state index contributed by atoms with van der Waals surface area (Å²) in [6.07, 6.45) is 7.49. The maximum atomic E-state index is 13.7. The van der Waals surface area contributed by atoms with Crippen LogP contribution in [-0.4, -0.2) is 52.7 Å². The molecule has 1 saturated heterocycles. The highest BCUT2D eigenvalue weighted by Crippen LogP contribution is 2.38. The summed E-state index contributed by atoms with van der Waals surface area (Å²) < 4.78 is 1.83. The number of likely N-dealkylation sites (tertiary alicyclic amines) is 1. The van der Waals surface area contributed by atoms with Gasteiger partial charge < -0.3 is 20.4 Å². The lowest BCUT2D eigenvalue weighted by atomic mass is 9.81. The summed E-state index contributed by atoms with van der Waals surface area (Å²) in [4.78, 5) is 30.7. The number of hydrogen-bond acceptors (Lipinski definition) is 5. The molecular weight excluding hydrogens is 440 g/mol. The minimum atomic E-state index is 0.0200. The number of benzene rings is 1. The summed E-state index contributed by atoms with van der Waals surface area (Å²) in [5.41, 5.74) is 2.89. The predicted octanol–water partition coefficient (Wildman–Crippen LogP) is 3.66. The highest BCUT2D eigenvalue weighted by atomic mass is 16.2. The number of aromatic nitrogens is 2. The Balaban J connectivity index is 1.16. The molecule has 8 heteroatoms. The topological polar surface area (TPSA) is 82.5 Å². The Morgan fingerprint density at radius 1 is 1.06 bits per heavy atom. The Morgan fingerprint density at radius 3 is 2.54 bits per heavy atom. The molecule has 1 aliphatic carbocycles. The second kappa shape index (κ2) is 10.4. The molecule has 3 aliphatic rings. The molecule has 35 heavy (non-hydrogen) atoms. The van der Waals surface area contributed by atoms with E-state index in [1.165, 1.54) is 0 Å². The third-order valence-corrected chi connectivity index (χ3v) is 8.22. The van der Waals surface area contributed by atoms with Gasteiger partial charge in [-0.25, -0.2) is 0 Å². The van der Waals surface area contributed by atoms with Crippen LogP contribution in [0.1, 0.15) is 51.0 Å². The van der Waals surface area contributed by atoms with Gasteiger partial charge >= 0.3 is 0 Å². The molecule has 1 aromatic heterocycles. The van der Waals surface area contributed by atoms with Crippen LogP contribution in [0.25, 0.3) is 0 Å². The molecule has 188 valence electrons. The van der Waals surface area contributed by atoms with Crippen LogP contribution in [-0.2, 0) is 23.2 Å². The van der Waals surface area contributed by atoms with Gasteiger partial charge in [0, 0.05) is 31.0 Å². The third-order valence-electron chi connectivity index (χ3n) is 8.22. The molecule has 2 fully saturated rings. The standard InChI is InChI=1S/C27H38N6O2/c1-3-32-14-12-20(13-15-32)26(34)28-16-19-8-10-21(11-9-19)27(35)33-18-22-17-29-31(2)25(22)30-23-6-4-5-7-24(23)33/h4-7,17,19-21,30H,3,8-16,18H2,1-2H3,(H,28,34). The van der Waals surface area contributed by atoms with Crippen LogP contribution in [0.3, 0.4) is 0 Å². The van der Waals surface area contributed by atoms with E-state index in [2.05, 4.69) is 27.6 Å². The third kappa shape index (κ3) is 5.08. The molecule has 0 radical (unpaired) electrons. The quantitative estimate of drug-likeness (QED) is 0.685. The molecule has 2 aromatic rings. The monoisotopic (exact) mass is 478 g/mol. The summed E-state index contributed by atoms with van der Waals surface area (Å²) >= 11 is 0. The maximum Gasteiger partial charge on any atom is 0.230 e. The second-order valence-corrected chi connectivity index (χ2v) is 10.4. The zero-order valence-electron chi connectivity index (χ0n) is 21.0. The number of rotatable bonds is 5.